The third-order valence-electron chi connectivity index (χ3n) is 2.13. The van der Waals surface area contributed by atoms with Gasteiger partial charge in [0.2, 0.25) is 5.89 Å². The number of aromatic nitrogens is 4. The number of rotatable bonds is 5. The molecule has 94 valence electrons. The largest absolute Gasteiger partial charge is 0.368 e. The maximum atomic E-state index is 10.8. The third-order valence-corrected chi connectivity index (χ3v) is 2.13. The molecule has 18 heavy (non-hydrogen) atoms. The summed E-state index contributed by atoms with van der Waals surface area (Å²) in [6.45, 7) is 2.33. The second-order valence-corrected chi connectivity index (χ2v) is 3.58. The van der Waals surface area contributed by atoms with Crippen LogP contribution in [0.15, 0.2) is 16.7 Å². The molecule has 8 nitrogen and oxygen atoms in total. The van der Waals surface area contributed by atoms with Gasteiger partial charge in [0.05, 0.1) is 0 Å². The summed E-state index contributed by atoms with van der Waals surface area (Å²) in [5.74, 6) is 1.11. The Morgan fingerprint density at radius 2 is 2.28 bits per heavy atom. The first kappa shape index (κ1) is 12.0. The van der Waals surface area contributed by atoms with E-state index in [0.717, 1.165) is 0 Å². The van der Waals surface area contributed by atoms with Crippen LogP contribution in [0.25, 0.3) is 0 Å². The van der Waals surface area contributed by atoms with Crippen molar-refractivity contribution in [2.75, 3.05) is 11.9 Å². The molecule has 0 aliphatic carbocycles. The number of anilines is 1. The van der Waals surface area contributed by atoms with Gasteiger partial charge >= 0.3 is 0 Å². The monoisotopic (exact) mass is 248 g/mol. The second-order valence-electron chi connectivity index (χ2n) is 3.58. The van der Waals surface area contributed by atoms with Crippen molar-refractivity contribution in [1.82, 2.24) is 20.3 Å². The highest BCUT2D eigenvalue weighted by atomic mass is 16.5. The normalized spacial score (nSPS) is 10.3. The summed E-state index contributed by atoms with van der Waals surface area (Å²) in [5.41, 5.74) is 5.19. The number of aryl methyl sites for hydroxylation is 1. The molecule has 0 aliphatic rings. The van der Waals surface area contributed by atoms with Crippen molar-refractivity contribution in [2.24, 2.45) is 5.73 Å². The minimum absolute atomic E-state index is 0.132. The Balaban J connectivity index is 1.85. The molecule has 0 radical (unpaired) electrons. The summed E-state index contributed by atoms with van der Waals surface area (Å²) in [4.78, 5) is 14.8. The number of hydrogen-bond donors (Lipinski definition) is 2. The van der Waals surface area contributed by atoms with E-state index in [9.17, 15) is 4.79 Å². The molecule has 2 rings (SSSR count). The highest BCUT2D eigenvalue weighted by Gasteiger charge is 2.04. The van der Waals surface area contributed by atoms with E-state index >= 15 is 0 Å². The number of carbonyl (C=O) groups excluding carboxylic acids is 1. The Morgan fingerprint density at radius 1 is 1.44 bits per heavy atom. The standard InChI is InChI=1S/C10H12N6O2/c1-6-13-9(18-16-6)4-5-12-8-3-2-7(10(11)17)14-15-8/h2-3H,4-5H2,1H3,(H2,11,17)(H,12,15). The molecule has 0 unspecified atom stereocenters. The van der Waals surface area contributed by atoms with Crippen molar-refractivity contribution in [1.29, 1.82) is 0 Å². The number of amides is 1. The Bertz CT molecular complexity index is 536. The van der Waals surface area contributed by atoms with Crippen LogP contribution in [0.3, 0.4) is 0 Å². The summed E-state index contributed by atoms with van der Waals surface area (Å²) in [6.07, 6.45) is 0.583. The van der Waals surface area contributed by atoms with Gasteiger partial charge < -0.3 is 15.6 Å². The van der Waals surface area contributed by atoms with Crippen LogP contribution >= 0.6 is 0 Å². The van der Waals surface area contributed by atoms with Crippen LogP contribution in [0.1, 0.15) is 22.2 Å². The van der Waals surface area contributed by atoms with E-state index in [1.165, 1.54) is 6.07 Å². The van der Waals surface area contributed by atoms with Crippen molar-refractivity contribution in [3.05, 3.63) is 29.5 Å². The smallest absolute Gasteiger partial charge is 0.269 e. The summed E-state index contributed by atoms with van der Waals surface area (Å²) in [6, 6.07) is 3.14. The van der Waals surface area contributed by atoms with E-state index in [4.69, 9.17) is 10.3 Å². The molecule has 0 saturated heterocycles. The molecule has 1 amide bonds. The fourth-order valence-electron chi connectivity index (χ4n) is 1.30. The van der Waals surface area contributed by atoms with Crippen molar-refractivity contribution in [3.63, 3.8) is 0 Å². The molecular weight excluding hydrogens is 236 g/mol. The van der Waals surface area contributed by atoms with E-state index in [-0.39, 0.29) is 5.69 Å². The lowest BCUT2D eigenvalue weighted by Gasteiger charge is -2.02. The summed E-state index contributed by atoms with van der Waals surface area (Å²) < 4.78 is 4.95. The molecule has 2 aromatic heterocycles. The van der Waals surface area contributed by atoms with Crippen LogP contribution in [0.2, 0.25) is 0 Å². The van der Waals surface area contributed by atoms with Crippen LogP contribution in [0.5, 0.6) is 0 Å². The average molecular weight is 248 g/mol. The summed E-state index contributed by atoms with van der Waals surface area (Å²) in [7, 11) is 0. The quantitative estimate of drug-likeness (QED) is 0.759. The minimum atomic E-state index is -0.601. The van der Waals surface area contributed by atoms with Gasteiger partial charge in [-0.25, -0.2) is 0 Å². The van der Waals surface area contributed by atoms with Crippen LogP contribution in [0.4, 0.5) is 5.82 Å². The van der Waals surface area contributed by atoms with E-state index in [1.54, 1.807) is 13.0 Å². The zero-order valence-corrected chi connectivity index (χ0v) is 9.75. The Morgan fingerprint density at radius 3 is 2.83 bits per heavy atom. The molecule has 0 bridgehead atoms. The first-order valence-electron chi connectivity index (χ1n) is 5.32. The molecule has 2 aromatic rings. The highest BCUT2D eigenvalue weighted by molar-refractivity contribution is 5.90. The zero-order valence-electron chi connectivity index (χ0n) is 9.75. The van der Waals surface area contributed by atoms with E-state index in [0.29, 0.717) is 30.5 Å². The molecule has 0 aliphatic heterocycles. The van der Waals surface area contributed by atoms with Gasteiger partial charge in [0, 0.05) is 13.0 Å². The molecule has 0 saturated carbocycles. The minimum Gasteiger partial charge on any atom is -0.368 e. The van der Waals surface area contributed by atoms with Gasteiger partial charge in [-0.3, -0.25) is 4.79 Å². The van der Waals surface area contributed by atoms with Crippen LogP contribution < -0.4 is 11.1 Å². The zero-order chi connectivity index (χ0) is 13.0. The Kier molecular flexibility index (Phi) is 3.46. The molecule has 0 aromatic carbocycles. The topological polar surface area (TPSA) is 120 Å². The maximum Gasteiger partial charge on any atom is 0.269 e. The van der Waals surface area contributed by atoms with Crippen LogP contribution in [-0.2, 0) is 6.42 Å². The molecule has 2 heterocycles. The maximum absolute atomic E-state index is 10.8. The van der Waals surface area contributed by atoms with Gasteiger partial charge in [0.1, 0.15) is 5.82 Å². The van der Waals surface area contributed by atoms with Gasteiger partial charge in [-0.15, -0.1) is 10.2 Å². The summed E-state index contributed by atoms with van der Waals surface area (Å²) >= 11 is 0. The van der Waals surface area contributed by atoms with Crippen LogP contribution in [-0.4, -0.2) is 32.8 Å². The number of primary amides is 1. The molecule has 0 fully saturated rings. The fraction of sp³-hybridized carbons (Fsp3) is 0.300. The van der Waals surface area contributed by atoms with Gasteiger partial charge in [-0.2, -0.15) is 4.98 Å². The molecule has 3 N–H and O–H groups in total. The number of nitrogens with one attached hydrogen (secondary N) is 1. The average Bonchev–Trinajstić information content (AvgIpc) is 2.76. The highest BCUT2D eigenvalue weighted by Crippen LogP contribution is 2.02. The van der Waals surface area contributed by atoms with Gasteiger partial charge in [0.15, 0.2) is 11.5 Å². The lowest BCUT2D eigenvalue weighted by molar-refractivity contribution is 0.0994. The number of nitrogens with zero attached hydrogens (tertiary/aromatic N) is 4. The van der Waals surface area contributed by atoms with Gasteiger partial charge in [0.25, 0.3) is 5.91 Å². The Hall–Kier alpha value is -2.51. The summed E-state index contributed by atoms with van der Waals surface area (Å²) in [5, 5.41) is 14.2. The molecule has 0 spiro atoms. The van der Waals surface area contributed by atoms with Gasteiger partial charge in [-0.05, 0) is 19.1 Å². The molecule has 8 heteroatoms. The fourth-order valence-corrected chi connectivity index (χ4v) is 1.30. The van der Waals surface area contributed by atoms with E-state index < -0.39 is 5.91 Å². The Labute approximate surface area is 103 Å². The molecular formula is C10H12N6O2. The van der Waals surface area contributed by atoms with E-state index in [2.05, 4.69) is 25.7 Å². The van der Waals surface area contributed by atoms with Crippen LogP contribution in [0, 0.1) is 6.92 Å². The first-order valence-corrected chi connectivity index (χ1v) is 5.32. The number of nitrogens with two attached hydrogens (primary N) is 1. The lowest BCUT2D eigenvalue weighted by Crippen LogP contribution is -2.14. The first-order chi connectivity index (χ1) is 8.65. The predicted molar refractivity (Wildman–Crippen MR) is 61.8 cm³/mol. The van der Waals surface area contributed by atoms with Crippen molar-refractivity contribution < 1.29 is 9.32 Å². The second kappa shape index (κ2) is 5.21. The third kappa shape index (κ3) is 3.00. The number of carbonyl (C=O) groups is 1. The molecule has 0 atom stereocenters. The predicted octanol–water partition coefficient (Wildman–Crippen LogP) is -0.0785. The number of hydrogen-bond acceptors (Lipinski definition) is 7. The SMILES string of the molecule is Cc1noc(CCNc2ccc(C(N)=O)nn2)n1. The lowest BCUT2D eigenvalue weighted by atomic mass is 10.3. The van der Waals surface area contributed by atoms with Crippen molar-refractivity contribution in [2.45, 2.75) is 13.3 Å². The van der Waals surface area contributed by atoms with E-state index in [1.807, 2.05) is 0 Å². The van der Waals surface area contributed by atoms with Crippen molar-refractivity contribution in [3.8, 4) is 0 Å². The van der Waals surface area contributed by atoms with Crippen molar-refractivity contribution >= 4 is 11.7 Å². The van der Waals surface area contributed by atoms with Gasteiger partial charge in [-0.1, -0.05) is 5.16 Å².